The molecule has 7 heteroatoms. The third-order valence-electron chi connectivity index (χ3n) is 4.31. The standard InChI is InChI=1S/C19H21ClN4O2/c20-16-6-1-2-7-17(16)22-18(25)13-23-8-10-24(11-9-23)19(26)14-4-3-5-15(21)12-14/h1-7,12H,8-11,13,21H2,(H,22,25). The van der Waals surface area contributed by atoms with Gasteiger partial charge >= 0.3 is 0 Å². The molecule has 1 heterocycles. The number of nitrogens with two attached hydrogens (primary N) is 1. The Morgan fingerprint density at radius 2 is 1.77 bits per heavy atom. The number of amides is 2. The van der Waals surface area contributed by atoms with E-state index in [0.717, 1.165) is 0 Å². The number of carbonyl (C=O) groups is 2. The number of nitrogen functional groups attached to an aromatic ring is 1. The van der Waals surface area contributed by atoms with Crippen LogP contribution in [0.15, 0.2) is 48.5 Å². The Balaban J connectivity index is 1.50. The molecule has 0 bridgehead atoms. The molecule has 1 aliphatic heterocycles. The van der Waals surface area contributed by atoms with Gasteiger partial charge in [0.15, 0.2) is 0 Å². The Kier molecular flexibility index (Phi) is 5.75. The third-order valence-corrected chi connectivity index (χ3v) is 4.64. The molecule has 2 aromatic carbocycles. The minimum atomic E-state index is -0.117. The first-order valence-electron chi connectivity index (χ1n) is 8.44. The smallest absolute Gasteiger partial charge is 0.254 e. The minimum absolute atomic E-state index is 0.0301. The number of nitrogens with zero attached hydrogens (tertiary/aromatic N) is 2. The topological polar surface area (TPSA) is 78.7 Å². The van der Waals surface area contributed by atoms with E-state index in [4.69, 9.17) is 17.3 Å². The van der Waals surface area contributed by atoms with Gasteiger partial charge in [0, 0.05) is 37.4 Å². The highest BCUT2D eigenvalue weighted by Crippen LogP contribution is 2.20. The summed E-state index contributed by atoms with van der Waals surface area (Å²) in [6.07, 6.45) is 0. The molecular weight excluding hydrogens is 352 g/mol. The third kappa shape index (κ3) is 4.53. The molecule has 0 aliphatic carbocycles. The molecule has 0 unspecified atom stereocenters. The van der Waals surface area contributed by atoms with Crippen molar-refractivity contribution in [2.45, 2.75) is 0 Å². The second kappa shape index (κ2) is 8.21. The van der Waals surface area contributed by atoms with Crippen LogP contribution in [0.5, 0.6) is 0 Å². The lowest BCUT2D eigenvalue weighted by Crippen LogP contribution is -2.50. The number of anilines is 2. The van der Waals surface area contributed by atoms with Crippen LogP contribution in [0.4, 0.5) is 11.4 Å². The van der Waals surface area contributed by atoms with Gasteiger partial charge in [-0.3, -0.25) is 14.5 Å². The fraction of sp³-hybridized carbons (Fsp3) is 0.263. The van der Waals surface area contributed by atoms with Crippen molar-refractivity contribution in [2.24, 2.45) is 0 Å². The molecule has 0 saturated carbocycles. The zero-order valence-electron chi connectivity index (χ0n) is 14.3. The number of hydrogen-bond acceptors (Lipinski definition) is 4. The molecule has 0 spiro atoms. The van der Waals surface area contributed by atoms with Gasteiger partial charge in [0.2, 0.25) is 5.91 Å². The summed E-state index contributed by atoms with van der Waals surface area (Å²) in [5.74, 6) is -0.147. The summed E-state index contributed by atoms with van der Waals surface area (Å²) in [6, 6.07) is 14.1. The number of carbonyl (C=O) groups excluding carboxylic acids is 2. The summed E-state index contributed by atoms with van der Waals surface area (Å²) < 4.78 is 0. The second-order valence-corrected chi connectivity index (χ2v) is 6.63. The number of rotatable bonds is 4. The zero-order chi connectivity index (χ0) is 18.5. The van der Waals surface area contributed by atoms with Crippen molar-refractivity contribution in [3.05, 3.63) is 59.1 Å². The molecule has 6 nitrogen and oxygen atoms in total. The Hall–Kier alpha value is -2.57. The fourth-order valence-electron chi connectivity index (χ4n) is 2.92. The summed E-state index contributed by atoms with van der Waals surface area (Å²) in [5, 5.41) is 3.33. The Bertz CT molecular complexity index is 804. The van der Waals surface area contributed by atoms with E-state index < -0.39 is 0 Å². The highest BCUT2D eigenvalue weighted by Gasteiger charge is 2.23. The number of piperazine rings is 1. The molecular formula is C19H21ClN4O2. The van der Waals surface area contributed by atoms with Crippen LogP contribution in [-0.4, -0.2) is 54.3 Å². The highest BCUT2D eigenvalue weighted by molar-refractivity contribution is 6.33. The van der Waals surface area contributed by atoms with Gasteiger partial charge in [-0.1, -0.05) is 29.8 Å². The maximum Gasteiger partial charge on any atom is 0.254 e. The van der Waals surface area contributed by atoms with Crippen LogP contribution < -0.4 is 11.1 Å². The first kappa shape index (κ1) is 18.2. The molecule has 1 aliphatic rings. The zero-order valence-corrected chi connectivity index (χ0v) is 15.1. The number of hydrogen-bond donors (Lipinski definition) is 2. The molecule has 26 heavy (non-hydrogen) atoms. The molecule has 2 aromatic rings. The highest BCUT2D eigenvalue weighted by atomic mass is 35.5. The largest absolute Gasteiger partial charge is 0.399 e. The second-order valence-electron chi connectivity index (χ2n) is 6.22. The monoisotopic (exact) mass is 372 g/mol. The van der Waals surface area contributed by atoms with E-state index >= 15 is 0 Å². The van der Waals surface area contributed by atoms with Crippen molar-refractivity contribution in [2.75, 3.05) is 43.8 Å². The quantitative estimate of drug-likeness (QED) is 0.807. The first-order valence-corrected chi connectivity index (χ1v) is 8.82. The average molecular weight is 373 g/mol. The molecule has 1 fully saturated rings. The van der Waals surface area contributed by atoms with Crippen molar-refractivity contribution in [1.29, 1.82) is 0 Å². The van der Waals surface area contributed by atoms with Gasteiger partial charge in [0.1, 0.15) is 0 Å². The molecule has 1 saturated heterocycles. The van der Waals surface area contributed by atoms with Crippen molar-refractivity contribution in [1.82, 2.24) is 9.80 Å². The lowest BCUT2D eigenvalue weighted by Gasteiger charge is -2.34. The summed E-state index contributed by atoms with van der Waals surface area (Å²) in [4.78, 5) is 28.5. The van der Waals surface area contributed by atoms with Crippen molar-refractivity contribution >= 4 is 34.8 Å². The molecule has 0 radical (unpaired) electrons. The number of para-hydroxylation sites is 1. The van der Waals surface area contributed by atoms with Crippen LogP contribution >= 0.6 is 11.6 Å². The van der Waals surface area contributed by atoms with Gasteiger partial charge in [-0.25, -0.2) is 0 Å². The minimum Gasteiger partial charge on any atom is -0.399 e. The molecule has 136 valence electrons. The van der Waals surface area contributed by atoms with E-state index in [1.807, 2.05) is 17.0 Å². The van der Waals surface area contributed by atoms with Crippen LogP contribution in [0.2, 0.25) is 5.02 Å². The van der Waals surface area contributed by atoms with Gasteiger partial charge in [-0.2, -0.15) is 0 Å². The predicted molar refractivity (Wildman–Crippen MR) is 103 cm³/mol. The summed E-state index contributed by atoms with van der Waals surface area (Å²) in [6.45, 7) is 2.71. The summed E-state index contributed by atoms with van der Waals surface area (Å²) >= 11 is 6.05. The van der Waals surface area contributed by atoms with Gasteiger partial charge in [0.05, 0.1) is 17.3 Å². The molecule has 3 N–H and O–H groups in total. The van der Waals surface area contributed by atoms with E-state index in [9.17, 15) is 9.59 Å². The summed E-state index contributed by atoms with van der Waals surface area (Å²) in [7, 11) is 0. The Labute approximate surface area is 157 Å². The number of benzene rings is 2. The van der Waals surface area contributed by atoms with Crippen LogP contribution in [0.1, 0.15) is 10.4 Å². The molecule has 3 rings (SSSR count). The Morgan fingerprint density at radius 3 is 2.46 bits per heavy atom. The van der Waals surface area contributed by atoms with Crippen LogP contribution in [-0.2, 0) is 4.79 Å². The van der Waals surface area contributed by atoms with Gasteiger partial charge in [-0.05, 0) is 30.3 Å². The average Bonchev–Trinajstić information content (AvgIpc) is 2.64. The molecule has 2 amide bonds. The fourth-order valence-corrected chi connectivity index (χ4v) is 3.10. The van der Waals surface area contributed by atoms with E-state index in [2.05, 4.69) is 5.32 Å². The SMILES string of the molecule is Nc1cccc(C(=O)N2CCN(CC(=O)Nc3ccccc3Cl)CC2)c1. The number of halogens is 1. The predicted octanol–water partition coefficient (Wildman–Crippen LogP) is 2.32. The van der Waals surface area contributed by atoms with Crippen LogP contribution in [0, 0.1) is 0 Å². The maximum absolute atomic E-state index is 12.5. The lowest BCUT2D eigenvalue weighted by molar-refractivity contribution is -0.117. The first-order chi connectivity index (χ1) is 12.5. The van der Waals surface area contributed by atoms with Crippen molar-refractivity contribution in [3.8, 4) is 0 Å². The molecule has 0 aromatic heterocycles. The normalized spacial score (nSPS) is 14.9. The van der Waals surface area contributed by atoms with Gasteiger partial charge in [0.25, 0.3) is 5.91 Å². The van der Waals surface area contributed by atoms with Crippen LogP contribution in [0.25, 0.3) is 0 Å². The van der Waals surface area contributed by atoms with Crippen molar-refractivity contribution in [3.63, 3.8) is 0 Å². The maximum atomic E-state index is 12.5. The van der Waals surface area contributed by atoms with E-state index in [0.29, 0.717) is 48.1 Å². The number of nitrogens with one attached hydrogen (secondary N) is 1. The Morgan fingerprint density at radius 1 is 1.04 bits per heavy atom. The van der Waals surface area contributed by atoms with Crippen molar-refractivity contribution < 1.29 is 9.59 Å². The van der Waals surface area contributed by atoms with Crippen LogP contribution in [0.3, 0.4) is 0 Å². The van der Waals surface area contributed by atoms with E-state index in [-0.39, 0.29) is 18.4 Å². The van der Waals surface area contributed by atoms with Gasteiger partial charge in [-0.15, -0.1) is 0 Å². The van der Waals surface area contributed by atoms with E-state index in [1.165, 1.54) is 0 Å². The van der Waals surface area contributed by atoms with E-state index in [1.54, 1.807) is 41.3 Å². The summed E-state index contributed by atoms with van der Waals surface area (Å²) in [5.41, 5.74) is 7.52. The molecule has 0 atom stereocenters. The van der Waals surface area contributed by atoms with Gasteiger partial charge < -0.3 is 16.0 Å². The lowest BCUT2D eigenvalue weighted by atomic mass is 10.1.